The molecule has 0 aromatic heterocycles. The molecule has 19 heavy (non-hydrogen) atoms. The van der Waals surface area contributed by atoms with Crippen LogP contribution in [0.2, 0.25) is 0 Å². The van der Waals surface area contributed by atoms with E-state index < -0.39 is 6.10 Å². The van der Waals surface area contributed by atoms with Crippen LogP contribution in [0.25, 0.3) is 0 Å². The van der Waals surface area contributed by atoms with Gasteiger partial charge >= 0.3 is 0 Å². The summed E-state index contributed by atoms with van der Waals surface area (Å²) in [6.45, 7) is 2.39. The van der Waals surface area contributed by atoms with Crippen molar-refractivity contribution in [2.24, 2.45) is 0 Å². The number of nitrogens with zero attached hydrogens (tertiary/aromatic N) is 1. The van der Waals surface area contributed by atoms with Crippen molar-refractivity contribution < 1.29 is 5.11 Å². The summed E-state index contributed by atoms with van der Waals surface area (Å²) in [5.74, 6) is 0. The quantitative estimate of drug-likeness (QED) is 0.879. The highest BCUT2D eigenvalue weighted by Gasteiger charge is 2.08. The number of para-hydroxylation sites is 1. The van der Waals surface area contributed by atoms with Gasteiger partial charge in [-0.25, -0.2) is 0 Å². The van der Waals surface area contributed by atoms with Gasteiger partial charge in [0.15, 0.2) is 0 Å². The smallest absolute Gasteiger partial charge is 0.101 e. The van der Waals surface area contributed by atoms with Crippen molar-refractivity contribution in [2.75, 3.05) is 11.9 Å². The lowest BCUT2D eigenvalue weighted by molar-refractivity contribution is 0.191. The van der Waals surface area contributed by atoms with Crippen LogP contribution in [0.1, 0.15) is 22.8 Å². The van der Waals surface area contributed by atoms with Crippen molar-refractivity contribution in [3.05, 3.63) is 65.2 Å². The Morgan fingerprint density at radius 1 is 1.16 bits per heavy atom. The molecule has 0 spiro atoms. The number of rotatable bonds is 4. The highest BCUT2D eigenvalue weighted by atomic mass is 16.3. The summed E-state index contributed by atoms with van der Waals surface area (Å²) in [6.07, 6.45) is -0.590. The molecule has 0 saturated heterocycles. The first-order chi connectivity index (χ1) is 9.20. The molecule has 0 aliphatic heterocycles. The molecule has 0 aliphatic carbocycles. The van der Waals surface area contributed by atoms with Gasteiger partial charge in [-0.05, 0) is 24.6 Å². The Labute approximate surface area is 113 Å². The van der Waals surface area contributed by atoms with Gasteiger partial charge in [0.25, 0.3) is 0 Å². The second kappa shape index (κ2) is 6.03. The molecule has 0 aliphatic rings. The fourth-order valence-electron chi connectivity index (χ4n) is 1.85. The van der Waals surface area contributed by atoms with E-state index in [1.54, 1.807) is 6.07 Å². The van der Waals surface area contributed by atoms with E-state index in [-0.39, 0.29) is 0 Å². The third-order valence-corrected chi connectivity index (χ3v) is 3.00. The third-order valence-electron chi connectivity index (χ3n) is 3.00. The standard InChI is InChI=1S/C16H16N2O/c1-12-6-8-13(9-7-12)16(19)11-18-15-5-3-2-4-14(15)10-17/h2-9,16,18-19H,11H2,1H3. The van der Waals surface area contributed by atoms with Crippen LogP contribution in [0.3, 0.4) is 0 Å². The molecular weight excluding hydrogens is 236 g/mol. The molecule has 0 amide bonds. The SMILES string of the molecule is Cc1ccc(C(O)CNc2ccccc2C#N)cc1. The van der Waals surface area contributed by atoms with E-state index in [2.05, 4.69) is 11.4 Å². The van der Waals surface area contributed by atoms with Crippen LogP contribution < -0.4 is 5.32 Å². The topological polar surface area (TPSA) is 56.0 Å². The third kappa shape index (κ3) is 3.34. The molecule has 2 aromatic carbocycles. The predicted octanol–water partition coefficient (Wildman–Crippen LogP) is 3.01. The van der Waals surface area contributed by atoms with E-state index in [1.807, 2.05) is 49.4 Å². The molecule has 1 unspecified atom stereocenters. The van der Waals surface area contributed by atoms with E-state index in [0.717, 1.165) is 11.3 Å². The lowest BCUT2D eigenvalue weighted by Gasteiger charge is -2.14. The summed E-state index contributed by atoms with van der Waals surface area (Å²) < 4.78 is 0. The maximum absolute atomic E-state index is 10.1. The molecule has 3 heteroatoms. The molecule has 0 fully saturated rings. The molecule has 3 nitrogen and oxygen atoms in total. The number of aryl methyl sites for hydroxylation is 1. The minimum atomic E-state index is -0.590. The van der Waals surface area contributed by atoms with Crippen LogP contribution in [0.4, 0.5) is 5.69 Å². The zero-order chi connectivity index (χ0) is 13.7. The van der Waals surface area contributed by atoms with Crippen molar-refractivity contribution in [1.29, 1.82) is 5.26 Å². The van der Waals surface area contributed by atoms with E-state index >= 15 is 0 Å². The van der Waals surface area contributed by atoms with Crippen molar-refractivity contribution in [1.82, 2.24) is 0 Å². The second-order valence-electron chi connectivity index (χ2n) is 4.46. The van der Waals surface area contributed by atoms with E-state index in [4.69, 9.17) is 5.26 Å². The van der Waals surface area contributed by atoms with Crippen LogP contribution >= 0.6 is 0 Å². The second-order valence-corrected chi connectivity index (χ2v) is 4.46. The number of nitrogens with one attached hydrogen (secondary N) is 1. The monoisotopic (exact) mass is 252 g/mol. The number of anilines is 1. The van der Waals surface area contributed by atoms with Gasteiger partial charge in [-0.1, -0.05) is 42.0 Å². The van der Waals surface area contributed by atoms with Crippen LogP contribution in [-0.4, -0.2) is 11.7 Å². The first kappa shape index (κ1) is 13.1. The van der Waals surface area contributed by atoms with Gasteiger partial charge in [-0.3, -0.25) is 0 Å². The van der Waals surface area contributed by atoms with Crippen molar-refractivity contribution in [3.8, 4) is 6.07 Å². The first-order valence-electron chi connectivity index (χ1n) is 6.18. The molecule has 0 saturated carbocycles. The molecule has 1 atom stereocenters. The van der Waals surface area contributed by atoms with Crippen molar-refractivity contribution >= 4 is 5.69 Å². The van der Waals surface area contributed by atoms with Gasteiger partial charge in [0.2, 0.25) is 0 Å². The highest BCUT2D eigenvalue weighted by Crippen LogP contribution is 2.17. The molecule has 0 radical (unpaired) electrons. The number of aliphatic hydroxyl groups is 1. The van der Waals surface area contributed by atoms with Gasteiger partial charge in [0, 0.05) is 6.54 Å². The summed E-state index contributed by atoms with van der Waals surface area (Å²) in [4.78, 5) is 0. The highest BCUT2D eigenvalue weighted by molar-refractivity contribution is 5.57. The zero-order valence-corrected chi connectivity index (χ0v) is 10.8. The Balaban J connectivity index is 2.02. The van der Waals surface area contributed by atoms with Gasteiger partial charge in [-0.2, -0.15) is 5.26 Å². The van der Waals surface area contributed by atoms with E-state index in [1.165, 1.54) is 5.56 Å². The van der Waals surface area contributed by atoms with Gasteiger partial charge < -0.3 is 10.4 Å². The Bertz CT molecular complexity index is 584. The summed E-state index contributed by atoms with van der Waals surface area (Å²) in [5, 5.41) is 22.2. The maximum Gasteiger partial charge on any atom is 0.101 e. The maximum atomic E-state index is 10.1. The Hall–Kier alpha value is -2.31. The molecular formula is C16H16N2O. The number of benzene rings is 2. The molecule has 2 rings (SSSR count). The number of aliphatic hydroxyl groups excluding tert-OH is 1. The summed E-state index contributed by atoms with van der Waals surface area (Å²) >= 11 is 0. The lowest BCUT2D eigenvalue weighted by Crippen LogP contribution is -2.12. The summed E-state index contributed by atoms with van der Waals surface area (Å²) in [5.41, 5.74) is 3.36. The van der Waals surface area contributed by atoms with Gasteiger partial charge in [0.05, 0.1) is 17.4 Å². The van der Waals surface area contributed by atoms with Gasteiger partial charge in [0.1, 0.15) is 6.07 Å². The fraction of sp³-hybridized carbons (Fsp3) is 0.188. The minimum Gasteiger partial charge on any atom is -0.387 e. The average molecular weight is 252 g/mol. The molecule has 2 aromatic rings. The van der Waals surface area contributed by atoms with Crippen LogP contribution in [-0.2, 0) is 0 Å². The number of hydrogen-bond donors (Lipinski definition) is 2. The Morgan fingerprint density at radius 3 is 2.53 bits per heavy atom. The summed E-state index contributed by atoms with van der Waals surface area (Å²) in [7, 11) is 0. The lowest BCUT2D eigenvalue weighted by atomic mass is 10.1. The van der Waals surface area contributed by atoms with E-state index in [0.29, 0.717) is 12.1 Å². The van der Waals surface area contributed by atoms with Crippen molar-refractivity contribution in [2.45, 2.75) is 13.0 Å². The summed E-state index contributed by atoms with van der Waals surface area (Å²) in [6, 6.07) is 17.2. The van der Waals surface area contributed by atoms with Crippen molar-refractivity contribution in [3.63, 3.8) is 0 Å². The molecule has 0 bridgehead atoms. The number of hydrogen-bond acceptors (Lipinski definition) is 3. The van der Waals surface area contributed by atoms with Crippen LogP contribution in [0.5, 0.6) is 0 Å². The van der Waals surface area contributed by atoms with E-state index in [9.17, 15) is 5.11 Å². The Morgan fingerprint density at radius 2 is 1.84 bits per heavy atom. The number of nitriles is 1. The molecule has 2 N–H and O–H groups in total. The average Bonchev–Trinajstić information content (AvgIpc) is 2.45. The molecule has 96 valence electrons. The predicted molar refractivity (Wildman–Crippen MR) is 75.8 cm³/mol. The van der Waals surface area contributed by atoms with Gasteiger partial charge in [-0.15, -0.1) is 0 Å². The fourth-order valence-corrected chi connectivity index (χ4v) is 1.85. The zero-order valence-electron chi connectivity index (χ0n) is 10.8. The van der Waals surface area contributed by atoms with Crippen LogP contribution in [0, 0.1) is 18.3 Å². The largest absolute Gasteiger partial charge is 0.387 e. The van der Waals surface area contributed by atoms with Crippen LogP contribution in [0.15, 0.2) is 48.5 Å². The minimum absolute atomic E-state index is 0.377. The Kier molecular flexibility index (Phi) is 4.17. The first-order valence-corrected chi connectivity index (χ1v) is 6.18. The normalized spacial score (nSPS) is 11.6. The molecule has 0 heterocycles.